The smallest absolute Gasteiger partial charge is 0.159 e. The van der Waals surface area contributed by atoms with Gasteiger partial charge in [-0.25, -0.2) is 9.98 Å². The van der Waals surface area contributed by atoms with Crippen LogP contribution in [0.5, 0.6) is 0 Å². The molecule has 0 bridgehead atoms. The summed E-state index contributed by atoms with van der Waals surface area (Å²) in [5.41, 5.74) is 8.43. The number of amidine groups is 2. The lowest BCUT2D eigenvalue weighted by Gasteiger charge is -2.24. The van der Waals surface area contributed by atoms with Crippen molar-refractivity contribution in [3.63, 3.8) is 0 Å². The van der Waals surface area contributed by atoms with Gasteiger partial charge in [0, 0.05) is 43.8 Å². The topological polar surface area (TPSA) is 63.0 Å². The van der Waals surface area contributed by atoms with Crippen LogP contribution in [0.4, 0.5) is 0 Å². The summed E-state index contributed by atoms with van der Waals surface area (Å²) in [4.78, 5) is 10.5. The third-order valence-electron chi connectivity index (χ3n) is 11.3. The number of hydrogen-bond acceptors (Lipinski definition) is 5. The molecule has 5 heteroatoms. The Labute approximate surface area is 320 Å². The third kappa shape index (κ3) is 4.74. The fourth-order valence-electron chi connectivity index (χ4n) is 8.68. The Morgan fingerprint density at radius 1 is 0.429 bits per heavy atom. The number of furan rings is 2. The zero-order valence-corrected chi connectivity index (χ0v) is 30.0. The summed E-state index contributed by atoms with van der Waals surface area (Å²) in [7, 11) is 0. The molecule has 56 heavy (non-hydrogen) atoms. The van der Waals surface area contributed by atoms with Gasteiger partial charge in [-0.2, -0.15) is 0 Å². The van der Waals surface area contributed by atoms with Crippen molar-refractivity contribution in [3.8, 4) is 11.1 Å². The van der Waals surface area contributed by atoms with Gasteiger partial charge in [0.1, 0.15) is 34.3 Å². The molecule has 1 N–H and O–H groups in total. The van der Waals surface area contributed by atoms with E-state index in [0.29, 0.717) is 5.84 Å². The maximum Gasteiger partial charge on any atom is 0.159 e. The van der Waals surface area contributed by atoms with Gasteiger partial charge in [0.2, 0.25) is 0 Å². The number of benzene rings is 9. The molecule has 262 valence electrons. The molecule has 1 unspecified atom stereocenters. The third-order valence-corrected chi connectivity index (χ3v) is 11.3. The number of nitrogens with one attached hydrogen (secondary N) is 1. The highest BCUT2D eigenvalue weighted by atomic mass is 16.3. The summed E-state index contributed by atoms with van der Waals surface area (Å²) in [6, 6.07) is 61.5. The molecule has 2 aromatic heterocycles. The van der Waals surface area contributed by atoms with Gasteiger partial charge in [0.25, 0.3) is 0 Å². The van der Waals surface area contributed by atoms with E-state index in [-0.39, 0.29) is 0 Å². The predicted octanol–water partition coefficient (Wildman–Crippen LogP) is 13.1. The number of para-hydroxylation sites is 2. The Morgan fingerprint density at radius 3 is 1.89 bits per heavy atom. The van der Waals surface area contributed by atoms with E-state index in [4.69, 9.17) is 18.8 Å². The monoisotopic (exact) mass is 717 g/mol. The molecule has 0 aliphatic carbocycles. The molecule has 11 aromatic rings. The molecule has 0 radical (unpaired) electrons. The first-order chi connectivity index (χ1) is 27.7. The van der Waals surface area contributed by atoms with E-state index in [2.05, 4.69) is 169 Å². The predicted molar refractivity (Wildman–Crippen MR) is 231 cm³/mol. The quantitative estimate of drug-likeness (QED) is 0.197. The number of nitrogens with zero attached hydrogens (tertiary/aromatic N) is 2. The summed E-state index contributed by atoms with van der Waals surface area (Å²) < 4.78 is 13.3. The van der Waals surface area contributed by atoms with Gasteiger partial charge in [0.05, 0.1) is 0 Å². The van der Waals surface area contributed by atoms with Gasteiger partial charge >= 0.3 is 0 Å². The fourth-order valence-corrected chi connectivity index (χ4v) is 8.68. The Morgan fingerprint density at radius 2 is 1.07 bits per heavy atom. The highest BCUT2D eigenvalue weighted by Crippen LogP contribution is 2.44. The molecule has 1 atom stereocenters. The van der Waals surface area contributed by atoms with Crippen molar-refractivity contribution in [2.75, 3.05) is 0 Å². The maximum atomic E-state index is 6.87. The van der Waals surface area contributed by atoms with E-state index in [9.17, 15) is 0 Å². The second-order valence-corrected chi connectivity index (χ2v) is 14.5. The number of rotatable bonds is 4. The summed E-state index contributed by atoms with van der Waals surface area (Å²) in [6.07, 6.45) is -0.434. The highest BCUT2D eigenvalue weighted by molar-refractivity contribution is 6.24. The van der Waals surface area contributed by atoms with Crippen LogP contribution in [0.2, 0.25) is 0 Å². The van der Waals surface area contributed by atoms with Crippen LogP contribution >= 0.6 is 0 Å². The molecular formula is C51H31N3O2. The van der Waals surface area contributed by atoms with Crippen molar-refractivity contribution in [3.05, 3.63) is 193 Å². The second kappa shape index (κ2) is 12.0. The van der Waals surface area contributed by atoms with Gasteiger partial charge in [0.15, 0.2) is 5.84 Å². The average Bonchev–Trinajstić information content (AvgIpc) is 3.84. The van der Waals surface area contributed by atoms with Crippen LogP contribution in [0, 0.1) is 0 Å². The van der Waals surface area contributed by atoms with Crippen molar-refractivity contribution in [2.45, 2.75) is 6.17 Å². The van der Waals surface area contributed by atoms with E-state index < -0.39 is 6.17 Å². The van der Waals surface area contributed by atoms with E-state index in [1.807, 2.05) is 12.1 Å². The van der Waals surface area contributed by atoms with Gasteiger partial charge in [-0.15, -0.1) is 0 Å². The largest absolute Gasteiger partial charge is 0.456 e. The van der Waals surface area contributed by atoms with Crippen molar-refractivity contribution in [1.29, 1.82) is 0 Å². The first-order valence-electron chi connectivity index (χ1n) is 18.9. The second-order valence-electron chi connectivity index (χ2n) is 14.5. The van der Waals surface area contributed by atoms with Crippen LogP contribution < -0.4 is 5.32 Å². The zero-order valence-electron chi connectivity index (χ0n) is 30.0. The minimum atomic E-state index is -0.434. The molecule has 0 saturated heterocycles. The maximum absolute atomic E-state index is 6.87. The lowest BCUT2D eigenvalue weighted by Crippen LogP contribution is -2.33. The number of aliphatic imine (C=N–C) groups is 2. The van der Waals surface area contributed by atoms with Gasteiger partial charge in [-0.1, -0.05) is 146 Å². The highest BCUT2D eigenvalue weighted by Gasteiger charge is 2.26. The number of fused-ring (bicyclic) bond motifs is 10. The summed E-state index contributed by atoms with van der Waals surface area (Å²) >= 11 is 0. The molecule has 9 aromatic carbocycles. The minimum absolute atomic E-state index is 0.434. The molecule has 0 saturated carbocycles. The van der Waals surface area contributed by atoms with Crippen molar-refractivity contribution in [1.82, 2.24) is 5.32 Å². The molecule has 0 spiro atoms. The van der Waals surface area contributed by atoms with Crippen LogP contribution in [-0.4, -0.2) is 11.7 Å². The molecule has 12 rings (SSSR count). The normalized spacial score (nSPS) is 14.6. The lowest BCUT2D eigenvalue weighted by molar-refractivity contribution is 0.663. The van der Waals surface area contributed by atoms with Crippen molar-refractivity contribution >= 4 is 87.9 Å². The van der Waals surface area contributed by atoms with Crippen LogP contribution in [0.25, 0.3) is 87.3 Å². The minimum Gasteiger partial charge on any atom is -0.456 e. The van der Waals surface area contributed by atoms with E-state index in [0.717, 1.165) is 99.1 Å². The molecule has 1 aliphatic heterocycles. The van der Waals surface area contributed by atoms with Gasteiger partial charge < -0.3 is 14.2 Å². The van der Waals surface area contributed by atoms with Crippen LogP contribution in [-0.2, 0) is 0 Å². The molecular weight excluding hydrogens is 687 g/mol. The average molecular weight is 718 g/mol. The Kier molecular flexibility index (Phi) is 6.63. The Hall–Kier alpha value is -7.50. The van der Waals surface area contributed by atoms with E-state index in [1.54, 1.807) is 0 Å². The Bertz CT molecular complexity index is 3480. The van der Waals surface area contributed by atoms with Gasteiger partial charge in [-0.05, 0) is 68.2 Å². The number of hydrogen-bond donors (Lipinski definition) is 1. The lowest BCUT2D eigenvalue weighted by atomic mass is 9.93. The molecule has 5 nitrogen and oxygen atoms in total. The van der Waals surface area contributed by atoms with E-state index >= 15 is 0 Å². The van der Waals surface area contributed by atoms with Gasteiger partial charge in [-0.3, -0.25) is 0 Å². The first kappa shape index (κ1) is 30.9. The summed E-state index contributed by atoms with van der Waals surface area (Å²) in [5, 5.41) is 15.0. The van der Waals surface area contributed by atoms with Crippen LogP contribution in [0.3, 0.4) is 0 Å². The molecule has 0 fully saturated rings. The standard InChI is InChI=1S/C51H31N3O2/c1-3-13-32-27-34(25-23-30(32)11-1)49-52-50(35-26-24-31-12-2-4-14-33(31)28-35)54-51(53-49)41-20-10-22-44-47(41)40-19-9-18-38(48(40)56-44)42-29-45-46(37-16-6-5-15-36(37)42)39-17-7-8-21-43(39)55-45/h1-29,51H,(H,52,53,54). The Balaban J connectivity index is 1.05. The van der Waals surface area contributed by atoms with Crippen LogP contribution in [0.15, 0.2) is 195 Å². The van der Waals surface area contributed by atoms with Crippen LogP contribution in [0.1, 0.15) is 22.9 Å². The van der Waals surface area contributed by atoms with E-state index in [1.165, 1.54) is 10.8 Å². The molecule has 1 aliphatic rings. The van der Waals surface area contributed by atoms with Crippen molar-refractivity contribution in [2.24, 2.45) is 9.98 Å². The molecule has 3 heterocycles. The summed E-state index contributed by atoms with van der Waals surface area (Å²) in [5.74, 6) is 1.45. The summed E-state index contributed by atoms with van der Waals surface area (Å²) in [6.45, 7) is 0. The van der Waals surface area contributed by atoms with Crippen molar-refractivity contribution < 1.29 is 8.83 Å². The first-order valence-corrected chi connectivity index (χ1v) is 18.9. The molecule has 0 amide bonds. The zero-order chi connectivity index (χ0) is 36.7. The SMILES string of the molecule is c1ccc2cc(C3=NC(c4cccc5oc6c(-c7cc8oc9ccccc9c8c8ccccc78)cccc6c45)NC(c4ccc5ccccc5c4)=N3)ccc2c1. The fraction of sp³-hybridized carbons (Fsp3) is 0.0196.